The molecule has 0 aromatic heterocycles. The van der Waals surface area contributed by atoms with Crippen LogP contribution in [0.4, 0.5) is 5.69 Å². The minimum Gasteiger partial charge on any atom is -0.494 e. The van der Waals surface area contributed by atoms with Crippen molar-refractivity contribution < 1.29 is 22.7 Å². The van der Waals surface area contributed by atoms with Crippen molar-refractivity contribution in [2.24, 2.45) is 0 Å². The molecule has 0 bridgehead atoms. The summed E-state index contributed by atoms with van der Waals surface area (Å²) in [5.74, 6) is -0.166. The summed E-state index contributed by atoms with van der Waals surface area (Å²) in [7, 11) is -4.18. The number of nitrogens with one attached hydrogen (secondary N) is 1. The zero-order valence-corrected chi connectivity index (χ0v) is 26.9. The molecule has 9 heteroatoms. The number of hydrogen-bond donors (Lipinski definition) is 1. The van der Waals surface area contributed by atoms with Crippen molar-refractivity contribution in [1.82, 2.24) is 10.2 Å². The van der Waals surface area contributed by atoms with Gasteiger partial charge in [-0.1, -0.05) is 91.7 Å². The molecular formula is C37H41N3O5S. The molecular weight excluding hydrogens is 598 g/mol. The highest BCUT2D eigenvalue weighted by molar-refractivity contribution is 7.92. The van der Waals surface area contributed by atoms with E-state index in [1.807, 2.05) is 67.6 Å². The Morgan fingerprint density at radius 3 is 1.96 bits per heavy atom. The van der Waals surface area contributed by atoms with Crippen LogP contribution in [0.1, 0.15) is 43.7 Å². The Bertz CT molecular complexity index is 1660. The lowest BCUT2D eigenvalue weighted by atomic mass is 10.0. The first-order valence-electron chi connectivity index (χ1n) is 15.8. The maximum absolute atomic E-state index is 14.5. The van der Waals surface area contributed by atoms with Crippen molar-refractivity contribution in [2.45, 2.75) is 62.6 Å². The van der Waals surface area contributed by atoms with E-state index in [0.717, 1.165) is 41.1 Å². The number of sulfonamides is 1. The number of hydrogen-bond acceptors (Lipinski definition) is 5. The van der Waals surface area contributed by atoms with Gasteiger partial charge in [-0.25, -0.2) is 8.42 Å². The molecule has 1 atom stereocenters. The molecule has 4 aromatic carbocycles. The summed E-state index contributed by atoms with van der Waals surface area (Å²) in [6, 6.07) is 33.0. The van der Waals surface area contributed by atoms with Gasteiger partial charge in [0.15, 0.2) is 0 Å². The molecule has 0 unspecified atom stereocenters. The predicted molar refractivity (Wildman–Crippen MR) is 180 cm³/mol. The van der Waals surface area contributed by atoms with E-state index in [0.29, 0.717) is 18.0 Å². The van der Waals surface area contributed by atoms with Crippen LogP contribution in [0.15, 0.2) is 120 Å². The number of benzene rings is 4. The Balaban J connectivity index is 1.52. The Kier molecular flexibility index (Phi) is 11.1. The second-order valence-corrected chi connectivity index (χ2v) is 13.3. The predicted octanol–water partition coefficient (Wildman–Crippen LogP) is 5.98. The number of para-hydroxylation sites is 1. The van der Waals surface area contributed by atoms with E-state index in [1.165, 1.54) is 17.0 Å². The highest BCUT2D eigenvalue weighted by atomic mass is 32.2. The van der Waals surface area contributed by atoms with E-state index in [-0.39, 0.29) is 29.8 Å². The molecule has 0 spiro atoms. The zero-order valence-electron chi connectivity index (χ0n) is 26.1. The van der Waals surface area contributed by atoms with Crippen LogP contribution in [0, 0.1) is 0 Å². The summed E-state index contributed by atoms with van der Waals surface area (Å²) in [6.07, 6.45) is 4.19. The SMILES string of the molecule is CCOc1ccc(S(=O)(=O)N(CC(=O)N(Cc2ccccc2)[C@@H](Cc2ccccc2)C(=O)NC2CCCC2)c2ccccc2)cc1. The van der Waals surface area contributed by atoms with Crippen LogP contribution in [-0.2, 0) is 32.6 Å². The van der Waals surface area contributed by atoms with Crippen LogP contribution in [-0.4, -0.2) is 50.4 Å². The van der Waals surface area contributed by atoms with Gasteiger partial charge in [0.1, 0.15) is 18.3 Å². The molecule has 4 aromatic rings. The monoisotopic (exact) mass is 639 g/mol. The van der Waals surface area contributed by atoms with E-state index in [4.69, 9.17) is 4.74 Å². The zero-order chi connectivity index (χ0) is 32.4. The largest absolute Gasteiger partial charge is 0.494 e. The lowest BCUT2D eigenvalue weighted by molar-refractivity contribution is -0.140. The van der Waals surface area contributed by atoms with Crippen LogP contribution in [0.5, 0.6) is 5.75 Å². The average Bonchev–Trinajstić information content (AvgIpc) is 3.60. The summed E-state index contributed by atoms with van der Waals surface area (Å²) in [5.41, 5.74) is 2.09. The van der Waals surface area contributed by atoms with E-state index >= 15 is 0 Å². The normalized spacial score (nSPS) is 13.9. The Labute approximate surface area is 272 Å². The molecule has 1 aliphatic rings. The van der Waals surface area contributed by atoms with Gasteiger partial charge >= 0.3 is 0 Å². The molecule has 240 valence electrons. The number of rotatable bonds is 14. The molecule has 1 N–H and O–H groups in total. The molecule has 8 nitrogen and oxygen atoms in total. The fourth-order valence-corrected chi connectivity index (χ4v) is 7.24. The van der Waals surface area contributed by atoms with Gasteiger partial charge in [0.2, 0.25) is 11.8 Å². The van der Waals surface area contributed by atoms with Gasteiger partial charge in [0.05, 0.1) is 17.2 Å². The summed E-state index contributed by atoms with van der Waals surface area (Å²) in [5, 5.41) is 3.20. The minimum absolute atomic E-state index is 0.0297. The third kappa shape index (κ3) is 8.34. The van der Waals surface area contributed by atoms with Gasteiger partial charge in [0, 0.05) is 19.0 Å². The molecule has 0 aliphatic heterocycles. The minimum atomic E-state index is -4.18. The molecule has 46 heavy (non-hydrogen) atoms. The first kappa shape index (κ1) is 32.8. The molecule has 0 saturated heterocycles. The van der Waals surface area contributed by atoms with Gasteiger partial charge < -0.3 is 15.0 Å². The third-order valence-electron chi connectivity index (χ3n) is 8.21. The van der Waals surface area contributed by atoms with Gasteiger partial charge in [0.25, 0.3) is 10.0 Å². The summed E-state index contributed by atoms with van der Waals surface area (Å²) >= 11 is 0. The summed E-state index contributed by atoms with van der Waals surface area (Å²) in [4.78, 5) is 30.2. The molecule has 0 heterocycles. The first-order valence-corrected chi connectivity index (χ1v) is 17.3. The quantitative estimate of drug-likeness (QED) is 0.183. The van der Waals surface area contributed by atoms with Crippen molar-refractivity contribution in [1.29, 1.82) is 0 Å². The Morgan fingerprint density at radius 1 is 0.804 bits per heavy atom. The second-order valence-electron chi connectivity index (χ2n) is 11.5. The number of carbonyl (C=O) groups is 2. The van der Waals surface area contributed by atoms with Crippen molar-refractivity contribution in [2.75, 3.05) is 17.5 Å². The van der Waals surface area contributed by atoms with E-state index in [2.05, 4.69) is 5.32 Å². The number of amides is 2. The average molecular weight is 640 g/mol. The smallest absolute Gasteiger partial charge is 0.264 e. The number of anilines is 1. The highest BCUT2D eigenvalue weighted by Gasteiger charge is 2.35. The lowest BCUT2D eigenvalue weighted by Gasteiger charge is -2.34. The maximum Gasteiger partial charge on any atom is 0.264 e. The Hall–Kier alpha value is -4.63. The first-order chi connectivity index (χ1) is 22.3. The van der Waals surface area contributed by atoms with Gasteiger partial charge in [-0.05, 0) is 67.3 Å². The highest BCUT2D eigenvalue weighted by Crippen LogP contribution is 2.27. The van der Waals surface area contributed by atoms with Crippen LogP contribution < -0.4 is 14.4 Å². The van der Waals surface area contributed by atoms with Crippen molar-refractivity contribution in [3.8, 4) is 5.75 Å². The summed E-state index contributed by atoms with van der Waals surface area (Å²) in [6.45, 7) is 1.95. The van der Waals surface area contributed by atoms with E-state index < -0.39 is 28.5 Å². The molecule has 0 radical (unpaired) electrons. The lowest BCUT2D eigenvalue weighted by Crippen LogP contribution is -2.54. The second kappa shape index (κ2) is 15.6. The van der Waals surface area contributed by atoms with Crippen LogP contribution >= 0.6 is 0 Å². The van der Waals surface area contributed by atoms with E-state index in [1.54, 1.807) is 42.5 Å². The molecule has 2 amide bonds. The summed E-state index contributed by atoms with van der Waals surface area (Å²) < 4.78 is 35.0. The van der Waals surface area contributed by atoms with Crippen LogP contribution in [0.2, 0.25) is 0 Å². The maximum atomic E-state index is 14.5. The van der Waals surface area contributed by atoms with E-state index in [9.17, 15) is 18.0 Å². The molecule has 1 fully saturated rings. The van der Waals surface area contributed by atoms with Crippen LogP contribution in [0.25, 0.3) is 0 Å². The number of nitrogens with zero attached hydrogens (tertiary/aromatic N) is 2. The van der Waals surface area contributed by atoms with Crippen molar-refractivity contribution in [3.63, 3.8) is 0 Å². The number of carbonyl (C=O) groups excluding carboxylic acids is 2. The fraction of sp³-hybridized carbons (Fsp3) is 0.297. The van der Waals surface area contributed by atoms with Gasteiger partial charge in [-0.15, -0.1) is 0 Å². The molecule has 1 aliphatic carbocycles. The van der Waals surface area contributed by atoms with Crippen molar-refractivity contribution in [3.05, 3.63) is 126 Å². The van der Waals surface area contributed by atoms with Gasteiger partial charge in [-0.3, -0.25) is 13.9 Å². The standard InChI is InChI=1S/C37H41N3O5S/c1-2-45-33-22-24-34(25-23-33)46(43,44)40(32-20-10-5-11-21-32)28-36(41)39(27-30-16-8-4-9-17-30)35(26-29-14-6-3-7-15-29)37(42)38-31-18-12-13-19-31/h3-11,14-17,20-25,31,35H,2,12-13,18-19,26-28H2,1H3,(H,38,42)/t35-/m0/s1. The Morgan fingerprint density at radius 2 is 1.37 bits per heavy atom. The third-order valence-corrected chi connectivity index (χ3v) is 10.0. The fourth-order valence-electron chi connectivity index (χ4n) is 5.83. The van der Waals surface area contributed by atoms with Gasteiger partial charge in [-0.2, -0.15) is 0 Å². The van der Waals surface area contributed by atoms with Crippen LogP contribution in [0.3, 0.4) is 0 Å². The molecule has 1 saturated carbocycles. The number of ether oxygens (including phenoxy) is 1. The molecule has 5 rings (SSSR count). The van der Waals surface area contributed by atoms with Crippen molar-refractivity contribution >= 4 is 27.5 Å². The topological polar surface area (TPSA) is 96.0 Å².